The zero-order chi connectivity index (χ0) is 32.4. The van der Waals surface area contributed by atoms with Gasteiger partial charge in [-0.15, -0.1) is 0 Å². The van der Waals surface area contributed by atoms with Crippen LogP contribution < -0.4 is 5.32 Å². The Balaban J connectivity index is 1.22. The number of amidine groups is 1. The van der Waals surface area contributed by atoms with Crippen molar-refractivity contribution in [1.29, 1.82) is 5.26 Å². The average Bonchev–Trinajstić information content (AvgIpc) is 3.59. The summed E-state index contributed by atoms with van der Waals surface area (Å²) < 4.78 is 2.40. The van der Waals surface area contributed by atoms with E-state index in [0.717, 1.165) is 33.9 Å². The largest absolute Gasteiger partial charge is 0.340 e. The van der Waals surface area contributed by atoms with Crippen LogP contribution in [-0.4, -0.2) is 10.4 Å². The third-order valence-corrected chi connectivity index (χ3v) is 10.0. The van der Waals surface area contributed by atoms with E-state index < -0.39 is 0 Å². The van der Waals surface area contributed by atoms with Crippen molar-refractivity contribution in [3.8, 4) is 22.9 Å². The van der Waals surface area contributed by atoms with Gasteiger partial charge in [0.15, 0.2) is 0 Å². The van der Waals surface area contributed by atoms with Crippen LogP contribution in [0, 0.1) is 11.3 Å². The van der Waals surface area contributed by atoms with Gasteiger partial charge >= 0.3 is 0 Å². The Morgan fingerprint density at radius 3 is 2.31 bits per heavy atom. The van der Waals surface area contributed by atoms with Crippen LogP contribution in [0.1, 0.15) is 53.3 Å². The predicted octanol–water partition coefficient (Wildman–Crippen LogP) is 10.1. The Hall–Kier alpha value is -6.18. The quantitative estimate of drug-likeness (QED) is 0.214. The van der Waals surface area contributed by atoms with E-state index in [1.165, 1.54) is 44.1 Å². The lowest BCUT2D eigenvalue weighted by Gasteiger charge is -2.24. The molecule has 0 amide bonds. The molecule has 2 aliphatic rings. The van der Waals surface area contributed by atoms with Crippen LogP contribution in [-0.2, 0) is 5.41 Å². The standard InChI is InChI=1S/C44H32N4/c1-44(2)37-20-8-6-18-33(37)35-25-42-36(24-38(35)44)34-19-7-9-21-41(34)48(42)32-17-11-16-31(23-32)43-46-39(29-13-4-3-5-14-29)26-40(47-43)30-15-10-12-28(22-30)27-45/h3-26,40H,1-2H3,(H,46,47). The van der Waals surface area contributed by atoms with Gasteiger partial charge in [-0.2, -0.15) is 5.26 Å². The van der Waals surface area contributed by atoms with E-state index in [4.69, 9.17) is 4.99 Å². The molecule has 1 atom stereocenters. The Kier molecular flexibility index (Phi) is 6.25. The van der Waals surface area contributed by atoms with E-state index in [0.29, 0.717) is 5.56 Å². The molecule has 1 N–H and O–H groups in total. The van der Waals surface area contributed by atoms with E-state index in [9.17, 15) is 5.26 Å². The highest BCUT2D eigenvalue weighted by Crippen LogP contribution is 2.51. The molecular weight excluding hydrogens is 585 g/mol. The summed E-state index contributed by atoms with van der Waals surface area (Å²) in [6, 6.07) is 51.2. The van der Waals surface area contributed by atoms with Gasteiger partial charge in [0.05, 0.1) is 28.7 Å². The number of aliphatic imine (C=N–C) groups is 1. The van der Waals surface area contributed by atoms with Gasteiger partial charge in [-0.25, -0.2) is 0 Å². The van der Waals surface area contributed by atoms with E-state index >= 15 is 0 Å². The number of para-hydroxylation sites is 1. The SMILES string of the molecule is CC1(C)c2ccccc2-c2cc3c(cc21)c1ccccc1n3-c1cccc(C2=NC(c3cccc(C#N)c3)C=C(c3ccccc3)N2)c1. The number of nitriles is 1. The second-order valence-corrected chi connectivity index (χ2v) is 13.2. The summed E-state index contributed by atoms with van der Waals surface area (Å²) >= 11 is 0. The summed E-state index contributed by atoms with van der Waals surface area (Å²) in [5, 5.41) is 15.8. The summed E-state index contributed by atoms with van der Waals surface area (Å²) in [5.74, 6) is 0.794. The molecular formula is C44H32N4. The first-order valence-corrected chi connectivity index (χ1v) is 16.4. The van der Waals surface area contributed by atoms with Crippen molar-refractivity contribution in [2.45, 2.75) is 25.3 Å². The molecule has 1 unspecified atom stereocenters. The normalized spacial score (nSPS) is 16.1. The zero-order valence-electron chi connectivity index (χ0n) is 26.8. The van der Waals surface area contributed by atoms with Crippen molar-refractivity contribution in [1.82, 2.24) is 9.88 Å². The smallest absolute Gasteiger partial charge is 0.133 e. The first-order chi connectivity index (χ1) is 23.5. The summed E-state index contributed by atoms with van der Waals surface area (Å²) in [7, 11) is 0. The molecule has 0 fully saturated rings. The lowest BCUT2D eigenvalue weighted by Crippen LogP contribution is -2.27. The molecule has 7 aromatic rings. The van der Waals surface area contributed by atoms with E-state index in [2.05, 4.69) is 133 Å². The summed E-state index contributed by atoms with van der Waals surface area (Å²) in [6.45, 7) is 4.68. The van der Waals surface area contributed by atoms with Gasteiger partial charge in [-0.05, 0) is 81.9 Å². The van der Waals surface area contributed by atoms with Crippen LogP contribution in [0.2, 0.25) is 0 Å². The maximum Gasteiger partial charge on any atom is 0.133 e. The van der Waals surface area contributed by atoms with Gasteiger partial charge in [0.1, 0.15) is 5.84 Å². The highest BCUT2D eigenvalue weighted by Gasteiger charge is 2.36. The molecule has 9 rings (SSSR count). The van der Waals surface area contributed by atoms with E-state index in [-0.39, 0.29) is 11.5 Å². The molecule has 2 heterocycles. The highest BCUT2D eigenvalue weighted by molar-refractivity contribution is 6.12. The second-order valence-electron chi connectivity index (χ2n) is 13.2. The molecule has 0 saturated heterocycles. The summed E-state index contributed by atoms with van der Waals surface area (Å²) in [4.78, 5) is 5.22. The number of nitrogens with zero attached hydrogens (tertiary/aromatic N) is 3. The molecule has 0 spiro atoms. The first kappa shape index (κ1) is 28.1. The van der Waals surface area contributed by atoms with Crippen molar-refractivity contribution in [3.63, 3.8) is 0 Å². The van der Waals surface area contributed by atoms with Crippen LogP contribution in [0.25, 0.3) is 44.3 Å². The van der Waals surface area contributed by atoms with Crippen molar-refractivity contribution >= 4 is 33.3 Å². The minimum Gasteiger partial charge on any atom is -0.340 e. The average molecular weight is 617 g/mol. The molecule has 4 nitrogen and oxygen atoms in total. The van der Waals surface area contributed by atoms with Gasteiger partial charge in [0.2, 0.25) is 0 Å². The predicted molar refractivity (Wildman–Crippen MR) is 196 cm³/mol. The molecule has 0 saturated carbocycles. The van der Waals surface area contributed by atoms with Crippen LogP contribution in [0.3, 0.4) is 0 Å². The van der Waals surface area contributed by atoms with E-state index in [1.807, 2.05) is 42.5 Å². The molecule has 0 radical (unpaired) electrons. The number of hydrogen-bond acceptors (Lipinski definition) is 3. The Labute approximate surface area is 279 Å². The van der Waals surface area contributed by atoms with Gasteiger partial charge in [-0.3, -0.25) is 4.99 Å². The third-order valence-electron chi connectivity index (χ3n) is 10.0. The van der Waals surface area contributed by atoms with Gasteiger partial charge < -0.3 is 9.88 Å². The van der Waals surface area contributed by atoms with Crippen molar-refractivity contribution in [2.24, 2.45) is 4.99 Å². The number of rotatable bonds is 4. The highest BCUT2D eigenvalue weighted by atomic mass is 15.0. The van der Waals surface area contributed by atoms with Crippen LogP contribution in [0.4, 0.5) is 0 Å². The molecule has 0 bridgehead atoms. The Bertz CT molecular complexity index is 2520. The second kappa shape index (κ2) is 10.7. The van der Waals surface area contributed by atoms with Crippen molar-refractivity contribution < 1.29 is 0 Å². The number of fused-ring (bicyclic) bond motifs is 6. The lowest BCUT2D eigenvalue weighted by atomic mass is 9.82. The van der Waals surface area contributed by atoms with Gasteiger partial charge in [0, 0.05) is 33.1 Å². The van der Waals surface area contributed by atoms with Crippen LogP contribution in [0.15, 0.2) is 151 Å². The fraction of sp³-hybridized carbons (Fsp3) is 0.0909. The zero-order valence-corrected chi connectivity index (χ0v) is 26.8. The molecule has 6 aromatic carbocycles. The maximum absolute atomic E-state index is 9.60. The minimum absolute atomic E-state index is 0.0681. The number of nitrogens with one attached hydrogen (secondary N) is 1. The maximum atomic E-state index is 9.60. The first-order valence-electron chi connectivity index (χ1n) is 16.4. The molecule has 4 heteroatoms. The number of aromatic nitrogens is 1. The summed E-state index contributed by atoms with van der Waals surface area (Å²) in [5.41, 5.74) is 13.4. The third kappa shape index (κ3) is 4.32. The molecule has 1 aliphatic carbocycles. The van der Waals surface area contributed by atoms with Gasteiger partial charge in [0.25, 0.3) is 0 Å². The molecule has 228 valence electrons. The lowest BCUT2D eigenvalue weighted by molar-refractivity contribution is 0.661. The monoisotopic (exact) mass is 616 g/mol. The topological polar surface area (TPSA) is 53.1 Å². The van der Waals surface area contributed by atoms with Crippen LogP contribution in [0.5, 0.6) is 0 Å². The Morgan fingerprint density at radius 1 is 0.667 bits per heavy atom. The molecule has 1 aromatic heterocycles. The van der Waals surface area contributed by atoms with E-state index in [1.54, 1.807) is 0 Å². The number of benzene rings is 6. The Morgan fingerprint density at radius 2 is 1.44 bits per heavy atom. The number of hydrogen-bond donors (Lipinski definition) is 1. The van der Waals surface area contributed by atoms with Crippen molar-refractivity contribution in [2.75, 3.05) is 0 Å². The summed E-state index contributed by atoms with van der Waals surface area (Å²) in [6.07, 6.45) is 2.14. The fourth-order valence-corrected chi connectivity index (χ4v) is 7.67. The van der Waals surface area contributed by atoms with Crippen LogP contribution >= 0.6 is 0 Å². The van der Waals surface area contributed by atoms with Crippen molar-refractivity contribution in [3.05, 3.63) is 179 Å². The van der Waals surface area contributed by atoms with Gasteiger partial charge in [-0.1, -0.05) is 111 Å². The fourth-order valence-electron chi connectivity index (χ4n) is 7.67. The minimum atomic E-state index is -0.243. The molecule has 48 heavy (non-hydrogen) atoms. The molecule has 1 aliphatic heterocycles.